The van der Waals surface area contributed by atoms with Crippen molar-refractivity contribution in [1.29, 1.82) is 0 Å². The first-order valence-electron chi connectivity index (χ1n) is 4.52. The molecule has 0 saturated carbocycles. The molecule has 1 aromatic rings. The number of hydrogen-bond acceptors (Lipinski definition) is 3. The molecule has 2 rings (SSSR count). The van der Waals surface area contributed by atoms with Gasteiger partial charge in [-0.15, -0.1) is 0 Å². The van der Waals surface area contributed by atoms with Crippen LogP contribution in [0.2, 0.25) is 0 Å². The van der Waals surface area contributed by atoms with Crippen molar-refractivity contribution in [1.82, 2.24) is 10.6 Å². The van der Waals surface area contributed by atoms with Gasteiger partial charge in [0.1, 0.15) is 6.04 Å². The number of rotatable bonds is 2. The summed E-state index contributed by atoms with van der Waals surface area (Å²) < 4.78 is 0. The first kappa shape index (κ1) is 10.2. The molecule has 1 aromatic carbocycles. The molecule has 1 saturated heterocycles. The molecule has 1 atom stereocenters. The van der Waals surface area contributed by atoms with Crippen LogP contribution >= 0.6 is 0 Å². The molecule has 0 radical (unpaired) electrons. The Kier molecular flexibility index (Phi) is 2.32. The van der Waals surface area contributed by atoms with E-state index < -0.39 is 23.9 Å². The third kappa shape index (κ3) is 1.72. The number of hydrogen-bond donors (Lipinski definition) is 3. The van der Waals surface area contributed by atoms with Crippen LogP contribution in [0, 0.1) is 0 Å². The van der Waals surface area contributed by atoms with Crippen LogP contribution in [0.4, 0.5) is 4.79 Å². The topological polar surface area (TPSA) is 95.5 Å². The second kappa shape index (κ2) is 3.65. The summed E-state index contributed by atoms with van der Waals surface area (Å²) in [6, 6.07) is 4.48. The minimum atomic E-state index is -1.04. The molecule has 0 spiro atoms. The van der Waals surface area contributed by atoms with Gasteiger partial charge >= 0.3 is 12.0 Å². The molecule has 1 aliphatic rings. The average Bonchev–Trinajstić information content (AvgIpc) is 2.58. The maximum Gasteiger partial charge on any atom is 0.335 e. The van der Waals surface area contributed by atoms with Gasteiger partial charge in [0.25, 0.3) is 5.91 Å². The minimum Gasteiger partial charge on any atom is -0.478 e. The SMILES string of the molecule is O=C1NC(=O)[C@@H](c2ccc(C(=O)O)cc2)N1. The number of urea groups is 1. The zero-order valence-electron chi connectivity index (χ0n) is 8.06. The number of carbonyl (C=O) groups excluding carboxylic acids is 2. The highest BCUT2D eigenvalue weighted by Gasteiger charge is 2.30. The van der Waals surface area contributed by atoms with Gasteiger partial charge in [-0.1, -0.05) is 12.1 Å². The Bertz CT molecular complexity index is 466. The molecule has 3 amide bonds. The first-order valence-corrected chi connectivity index (χ1v) is 4.52. The van der Waals surface area contributed by atoms with Crippen LogP contribution in [-0.4, -0.2) is 23.0 Å². The lowest BCUT2D eigenvalue weighted by Crippen LogP contribution is -2.22. The van der Waals surface area contributed by atoms with E-state index in [0.717, 1.165) is 0 Å². The lowest BCUT2D eigenvalue weighted by Gasteiger charge is -2.07. The summed E-state index contributed by atoms with van der Waals surface area (Å²) in [6.07, 6.45) is 0. The zero-order valence-corrected chi connectivity index (χ0v) is 8.06. The van der Waals surface area contributed by atoms with Gasteiger partial charge in [0.2, 0.25) is 0 Å². The van der Waals surface area contributed by atoms with Crippen molar-refractivity contribution in [2.75, 3.05) is 0 Å². The normalized spacial score (nSPS) is 19.1. The quantitative estimate of drug-likeness (QED) is 0.623. The smallest absolute Gasteiger partial charge is 0.335 e. The number of imide groups is 1. The van der Waals surface area contributed by atoms with Gasteiger partial charge in [-0.25, -0.2) is 9.59 Å². The fourth-order valence-corrected chi connectivity index (χ4v) is 1.47. The molecule has 16 heavy (non-hydrogen) atoms. The fraction of sp³-hybridized carbons (Fsp3) is 0.100. The summed E-state index contributed by atoms with van der Waals surface area (Å²) in [5, 5.41) is 13.2. The van der Waals surface area contributed by atoms with Crippen LogP contribution < -0.4 is 10.6 Å². The standard InChI is InChI=1S/C10H8N2O4/c13-8-7(11-10(16)12-8)5-1-3-6(4-2-5)9(14)15/h1-4,7H,(H,14,15)(H2,11,12,13,16)/t7-/m1/s1. The van der Waals surface area contributed by atoms with Crippen molar-refractivity contribution >= 4 is 17.9 Å². The predicted octanol–water partition coefficient (Wildman–Crippen LogP) is 0.265. The highest BCUT2D eigenvalue weighted by molar-refractivity contribution is 6.04. The fourth-order valence-electron chi connectivity index (χ4n) is 1.47. The van der Waals surface area contributed by atoms with Crippen molar-refractivity contribution in [3.8, 4) is 0 Å². The molecular formula is C10H8N2O4. The second-order valence-corrected chi connectivity index (χ2v) is 3.32. The summed E-state index contributed by atoms with van der Waals surface area (Å²) in [5.41, 5.74) is 0.682. The van der Waals surface area contributed by atoms with E-state index in [9.17, 15) is 14.4 Å². The lowest BCUT2D eigenvalue weighted by molar-refractivity contribution is -0.120. The number of carboxylic acids is 1. The van der Waals surface area contributed by atoms with Gasteiger partial charge in [-0.3, -0.25) is 10.1 Å². The lowest BCUT2D eigenvalue weighted by atomic mass is 10.1. The Hall–Kier alpha value is -2.37. The molecule has 0 aliphatic carbocycles. The average molecular weight is 220 g/mol. The summed E-state index contributed by atoms with van der Waals surface area (Å²) in [5.74, 6) is -1.47. The maximum absolute atomic E-state index is 11.3. The van der Waals surface area contributed by atoms with Gasteiger partial charge in [0.05, 0.1) is 5.56 Å². The van der Waals surface area contributed by atoms with Crippen molar-refractivity contribution in [3.63, 3.8) is 0 Å². The van der Waals surface area contributed by atoms with Crippen LogP contribution in [0.15, 0.2) is 24.3 Å². The van der Waals surface area contributed by atoms with Gasteiger partial charge in [-0.05, 0) is 17.7 Å². The highest BCUT2D eigenvalue weighted by Crippen LogP contribution is 2.17. The molecule has 0 unspecified atom stereocenters. The summed E-state index contributed by atoms with van der Waals surface area (Å²) in [7, 11) is 0. The van der Waals surface area contributed by atoms with Crippen molar-refractivity contribution in [3.05, 3.63) is 35.4 Å². The zero-order chi connectivity index (χ0) is 11.7. The van der Waals surface area contributed by atoms with Gasteiger partial charge in [0.15, 0.2) is 0 Å². The third-order valence-corrected chi connectivity index (χ3v) is 2.27. The van der Waals surface area contributed by atoms with Crippen molar-refractivity contribution in [2.45, 2.75) is 6.04 Å². The molecule has 6 heteroatoms. The van der Waals surface area contributed by atoms with E-state index in [1.807, 2.05) is 0 Å². The molecule has 1 aliphatic heterocycles. The van der Waals surface area contributed by atoms with Crippen molar-refractivity contribution < 1.29 is 19.5 Å². The predicted molar refractivity (Wildman–Crippen MR) is 52.8 cm³/mol. The Morgan fingerprint density at radius 2 is 1.81 bits per heavy atom. The van der Waals surface area contributed by atoms with E-state index in [4.69, 9.17) is 5.11 Å². The number of aromatic carboxylic acids is 1. The molecule has 6 nitrogen and oxygen atoms in total. The van der Waals surface area contributed by atoms with Crippen molar-refractivity contribution in [2.24, 2.45) is 0 Å². The van der Waals surface area contributed by atoms with E-state index in [1.165, 1.54) is 24.3 Å². The van der Waals surface area contributed by atoms with Gasteiger partial charge < -0.3 is 10.4 Å². The molecule has 82 valence electrons. The summed E-state index contributed by atoms with van der Waals surface area (Å²) >= 11 is 0. The first-order chi connectivity index (χ1) is 7.58. The Morgan fingerprint density at radius 3 is 2.25 bits per heavy atom. The molecule has 0 aromatic heterocycles. The van der Waals surface area contributed by atoms with E-state index >= 15 is 0 Å². The molecule has 3 N–H and O–H groups in total. The summed E-state index contributed by atoms with van der Waals surface area (Å²) in [4.78, 5) is 32.8. The maximum atomic E-state index is 11.3. The number of benzene rings is 1. The van der Waals surface area contributed by atoms with Gasteiger partial charge in [0, 0.05) is 0 Å². The largest absolute Gasteiger partial charge is 0.478 e. The molecule has 1 heterocycles. The molecule has 0 bridgehead atoms. The highest BCUT2D eigenvalue weighted by atomic mass is 16.4. The van der Waals surface area contributed by atoms with E-state index in [2.05, 4.69) is 10.6 Å². The monoisotopic (exact) mass is 220 g/mol. The van der Waals surface area contributed by atoms with Crippen LogP contribution in [0.25, 0.3) is 0 Å². The number of nitrogens with one attached hydrogen (secondary N) is 2. The number of amides is 3. The molecular weight excluding hydrogens is 212 g/mol. The Balaban J connectivity index is 2.25. The van der Waals surface area contributed by atoms with Crippen LogP contribution in [0.3, 0.4) is 0 Å². The van der Waals surface area contributed by atoms with E-state index in [0.29, 0.717) is 5.56 Å². The van der Waals surface area contributed by atoms with Crippen LogP contribution in [0.5, 0.6) is 0 Å². The second-order valence-electron chi connectivity index (χ2n) is 3.32. The number of carboxylic acid groups (broad SMARTS) is 1. The Labute approximate surface area is 90.3 Å². The van der Waals surface area contributed by atoms with Crippen LogP contribution in [0.1, 0.15) is 22.0 Å². The van der Waals surface area contributed by atoms with E-state index in [1.54, 1.807) is 0 Å². The third-order valence-electron chi connectivity index (χ3n) is 2.27. The van der Waals surface area contributed by atoms with Crippen LogP contribution in [-0.2, 0) is 4.79 Å². The number of carbonyl (C=O) groups is 3. The Morgan fingerprint density at radius 1 is 1.19 bits per heavy atom. The summed E-state index contributed by atoms with van der Waals surface area (Å²) in [6.45, 7) is 0. The van der Waals surface area contributed by atoms with E-state index in [-0.39, 0.29) is 5.56 Å². The van der Waals surface area contributed by atoms with Gasteiger partial charge in [-0.2, -0.15) is 0 Å². The molecule has 1 fully saturated rings. The minimum absolute atomic E-state index is 0.133.